The second-order valence-electron chi connectivity index (χ2n) is 4.72. The van der Waals surface area contributed by atoms with Crippen LogP contribution in [0.1, 0.15) is 5.69 Å². The van der Waals surface area contributed by atoms with Crippen molar-refractivity contribution in [3.05, 3.63) is 42.1 Å². The van der Waals surface area contributed by atoms with Crippen LogP contribution >= 0.6 is 0 Å². The molecule has 0 aliphatic rings. The Kier molecular flexibility index (Phi) is 2.09. The molecule has 3 N–H and O–H groups in total. The summed E-state index contributed by atoms with van der Waals surface area (Å²) in [6, 6.07) is 12.0. The lowest BCUT2D eigenvalue weighted by Crippen LogP contribution is -1.97. The van der Waals surface area contributed by atoms with Gasteiger partial charge in [-0.1, -0.05) is 18.2 Å². The predicted octanol–water partition coefficient (Wildman–Crippen LogP) is 2.19. The summed E-state index contributed by atoms with van der Waals surface area (Å²) in [6.45, 7) is 2.01. The molecule has 3 aromatic heterocycles. The van der Waals surface area contributed by atoms with Crippen molar-refractivity contribution in [1.29, 1.82) is 0 Å². The van der Waals surface area contributed by atoms with Gasteiger partial charge in [-0.05, 0) is 25.1 Å². The molecule has 6 heteroatoms. The van der Waals surface area contributed by atoms with E-state index in [9.17, 15) is 0 Å². The minimum Gasteiger partial charge on any atom is -0.382 e. The normalized spacial score (nSPS) is 11.4. The molecule has 0 aliphatic heterocycles. The van der Waals surface area contributed by atoms with Crippen molar-refractivity contribution in [3.63, 3.8) is 0 Å². The number of H-pyrrole nitrogens is 1. The highest BCUT2D eigenvalue weighted by Gasteiger charge is 2.13. The van der Waals surface area contributed by atoms with E-state index in [4.69, 9.17) is 5.73 Å². The lowest BCUT2D eigenvalue weighted by atomic mass is 10.2. The number of nitrogen functional groups attached to an aromatic ring is 1. The lowest BCUT2D eigenvalue weighted by molar-refractivity contribution is 0.878. The third kappa shape index (κ3) is 1.41. The van der Waals surface area contributed by atoms with Crippen LogP contribution < -0.4 is 5.73 Å². The number of benzene rings is 1. The van der Waals surface area contributed by atoms with Gasteiger partial charge in [-0.15, -0.1) is 10.2 Å². The van der Waals surface area contributed by atoms with Crippen molar-refractivity contribution in [3.8, 4) is 5.69 Å². The van der Waals surface area contributed by atoms with Crippen molar-refractivity contribution in [2.75, 3.05) is 5.73 Å². The fourth-order valence-electron chi connectivity index (χ4n) is 2.41. The summed E-state index contributed by atoms with van der Waals surface area (Å²) in [5.41, 5.74) is 9.24. The van der Waals surface area contributed by atoms with Crippen molar-refractivity contribution in [2.45, 2.75) is 6.92 Å². The third-order valence-corrected chi connectivity index (χ3v) is 3.42. The van der Waals surface area contributed by atoms with E-state index in [1.165, 1.54) is 0 Å². The first kappa shape index (κ1) is 11.0. The molecule has 3 heterocycles. The average Bonchev–Trinajstić information content (AvgIpc) is 3.00. The van der Waals surface area contributed by atoms with Crippen LogP contribution in [0.4, 0.5) is 5.82 Å². The molecule has 0 unspecified atom stereocenters. The van der Waals surface area contributed by atoms with Gasteiger partial charge in [-0.3, -0.25) is 5.10 Å². The maximum atomic E-state index is 5.80. The number of para-hydroxylation sites is 1. The van der Waals surface area contributed by atoms with E-state index in [1.54, 1.807) is 0 Å². The standard InChI is InChI=1S/C14H12N6/c1-8-10-7-11-12(15)17-18-13(11)16-14(10)20(19-8)9-5-3-2-4-6-9/h2-7,19H,1H3,(H2,15,17). The molecule has 0 saturated carbocycles. The summed E-state index contributed by atoms with van der Waals surface area (Å²) in [5, 5.41) is 13.0. The average molecular weight is 264 g/mol. The Bertz CT molecular complexity index is 919. The quantitative estimate of drug-likeness (QED) is 0.552. The zero-order chi connectivity index (χ0) is 13.7. The van der Waals surface area contributed by atoms with Gasteiger partial charge in [0.25, 0.3) is 0 Å². The van der Waals surface area contributed by atoms with E-state index < -0.39 is 0 Å². The highest BCUT2D eigenvalue weighted by Crippen LogP contribution is 2.25. The van der Waals surface area contributed by atoms with Crippen LogP contribution in [0.3, 0.4) is 0 Å². The highest BCUT2D eigenvalue weighted by atomic mass is 15.3. The maximum Gasteiger partial charge on any atom is 0.187 e. The molecule has 0 spiro atoms. The van der Waals surface area contributed by atoms with E-state index in [0.29, 0.717) is 11.5 Å². The van der Waals surface area contributed by atoms with Crippen molar-refractivity contribution in [1.82, 2.24) is 25.0 Å². The zero-order valence-corrected chi connectivity index (χ0v) is 10.8. The van der Waals surface area contributed by atoms with Crippen LogP contribution in [0.2, 0.25) is 0 Å². The number of nitrogens with zero attached hydrogens (tertiary/aromatic N) is 4. The Labute approximate surface area is 114 Å². The van der Waals surface area contributed by atoms with Gasteiger partial charge >= 0.3 is 0 Å². The summed E-state index contributed by atoms with van der Waals surface area (Å²) in [5.74, 6) is 0.418. The van der Waals surface area contributed by atoms with Gasteiger partial charge in [0.2, 0.25) is 0 Å². The summed E-state index contributed by atoms with van der Waals surface area (Å²) in [4.78, 5) is 4.57. The Morgan fingerprint density at radius 3 is 2.70 bits per heavy atom. The number of aromatic nitrogens is 5. The molecule has 98 valence electrons. The number of aromatic amines is 1. The molecular formula is C14H12N6. The van der Waals surface area contributed by atoms with Gasteiger partial charge in [-0.25, -0.2) is 9.67 Å². The first-order valence-electron chi connectivity index (χ1n) is 6.29. The van der Waals surface area contributed by atoms with Crippen LogP contribution in [0, 0.1) is 6.92 Å². The smallest absolute Gasteiger partial charge is 0.187 e. The van der Waals surface area contributed by atoms with E-state index in [2.05, 4.69) is 20.3 Å². The molecule has 0 aliphatic carbocycles. The first-order valence-corrected chi connectivity index (χ1v) is 6.29. The number of nitrogens with one attached hydrogen (secondary N) is 1. The molecular weight excluding hydrogens is 252 g/mol. The van der Waals surface area contributed by atoms with E-state index in [-0.39, 0.29) is 0 Å². The third-order valence-electron chi connectivity index (χ3n) is 3.42. The number of fused-ring (bicyclic) bond motifs is 2. The minimum atomic E-state index is 0.418. The Morgan fingerprint density at radius 1 is 1.10 bits per heavy atom. The van der Waals surface area contributed by atoms with E-state index in [0.717, 1.165) is 27.8 Å². The van der Waals surface area contributed by atoms with E-state index >= 15 is 0 Å². The number of anilines is 1. The molecule has 0 atom stereocenters. The van der Waals surface area contributed by atoms with Gasteiger partial charge in [0.1, 0.15) is 0 Å². The second-order valence-corrected chi connectivity index (χ2v) is 4.72. The number of pyridine rings is 1. The van der Waals surface area contributed by atoms with Crippen molar-refractivity contribution in [2.24, 2.45) is 0 Å². The molecule has 6 nitrogen and oxygen atoms in total. The van der Waals surface area contributed by atoms with Gasteiger partial charge in [0, 0.05) is 11.1 Å². The number of aryl methyl sites for hydroxylation is 1. The van der Waals surface area contributed by atoms with Crippen molar-refractivity contribution >= 4 is 27.9 Å². The maximum absolute atomic E-state index is 5.80. The van der Waals surface area contributed by atoms with Crippen LogP contribution in [-0.2, 0) is 0 Å². The topological polar surface area (TPSA) is 85.4 Å². The fraction of sp³-hybridized carbons (Fsp3) is 0.0714. The number of hydrogen-bond donors (Lipinski definition) is 2. The number of rotatable bonds is 1. The van der Waals surface area contributed by atoms with Gasteiger partial charge in [0.15, 0.2) is 17.1 Å². The van der Waals surface area contributed by atoms with Crippen LogP contribution in [-0.4, -0.2) is 25.0 Å². The van der Waals surface area contributed by atoms with Crippen molar-refractivity contribution < 1.29 is 0 Å². The summed E-state index contributed by atoms with van der Waals surface area (Å²) < 4.78 is 1.94. The highest BCUT2D eigenvalue weighted by molar-refractivity contribution is 5.96. The summed E-state index contributed by atoms with van der Waals surface area (Å²) in [7, 11) is 0. The van der Waals surface area contributed by atoms with Gasteiger partial charge in [-0.2, -0.15) is 0 Å². The molecule has 0 fully saturated rings. The molecule has 4 aromatic rings. The number of hydrogen-bond acceptors (Lipinski definition) is 4. The molecule has 0 radical (unpaired) electrons. The molecule has 1 aromatic carbocycles. The lowest BCUT2D eigenvalue weighted by Gasteiger charge is -2.03. The molecule has 4 rings (SSSR count). The minimum absolute atomic E-state index is 0.418. The second kappa shape index (κ2) is 3.80. The number of nitrogens with two attached hydrogens (primary N) is 1. The molecule has 0 bridgehead atoms. The first-order chi connectivity index (χ1) is 9.74. The van der Waals surface area contributed by atoms with Crippen LogP contribution in [0.15, 0.2) is 36.4 Å². The molecule has 20 heavy (non-hydrogen) atoms. The fourth-order valence-corrected chi connectivity index (χ4v) is 2.41. The Hall–Kier alpha value is -2.89. The Balaban J connectivity index is 2.10. The summed E-state index contributed by atoms with van der Waals surface area (Å²) in [6.07, 6.45) is 0. The van der Waals surface area contributed by atoms with Crippen LogP contribution in [0.5, 0.6) is 0 Å². The monoisotopic (exact) mass is 264 g/mol. The molecule has 0 amide bonds. The zero-order valence-electron chi connectivity index (χ0n) is 10.8. The SMILES string of the molecule is Cc1[nH]n(-c2ccccc2)c2nc3nnc(N)c3cc12. The summed E-state index contributed by atoms with van der Waals surface area (Å²) >= 11 is 0. The van der Waals surface area contributed by atoms with Gasteiger partial charge in [0.05, 0.1) is 11.1 Å². The largest absolute Gasteiger partial charge is 0.382 e. The predicted molar refractivity (Wildman–Crippen MR) is 77.7 cm³/mol. The Morgan fingerprint density at radius 2 is 1.90 bits per heavy atom. The molecule has 0 saturated heterocycles. The van der Waals surface area contributed by atoms with E-state index in [1.807, 2.05) is 48.0 Å². The van der Waals surface area contributed by atoms with Crippen LogP contribution in [0.25, 0.3) is 27.8 Å². The van der Waals surface area contributed by atoms with Gasteiger partial charge < -0.3 is 5.73 Å².